The van der Waals surface area contributed by atoms with Crippen LogP contribution in [-0.4, -0.2) is 29.3 Å². The lowest BCUT2D eigenvalue weighted by Gasteiger charge is -2.15. The second-order valence-corrected chi connectivity index (χ2v) is 6.91. The Kier molecular flexibility index (Phi) is 4.81. The van der Waals surface area contributed by atoms with Gasteiger partial charge in [0.05, 0.1) is 34.4 Å². The summed E-state index contributed by atoms with van der Waals surface area (Å²) < 4.78 is 0. The van der Waals surface area contributed by atoms with Crippen molar-refractivity contribution in [3.05, 3.63) is 57.1 Å². The molecule has 0 spiro atoms. The first kappa shape index (κ1) is 16.5. The predicted octanol–water partition coefficient (Wildman–Crippen LogP) is 2.63. The minimum absolute atomic E-state index is 0.0791. The highest BCUT2D eigenvalue weighted by Gasteiger charge is 2.40. The average Bonchev–Trinajstić information content (AvgIpc) is 3.20. The number of carbonyl (C=O) groups excluding carboxylic acids is 2. The molecule has 0 radical (unpaired) electrons. The Morgan fingerprint density at radius 1 is 1.17 bits per heavy atom. The van der Waals surface area contributed by atoms with Crippen molar-refractivity contribution in [2.24, 2.45) is 0 Å². The molecule has 1 N–H and O–H groups in total. The number of carbonyl (C=O) groups is 2. The largest absolute Gasteiger partial charge is 0.396 e. The fourth-order valence-corrected chi connectivity index (χ4v) is 4.03. The standard InChI is InChI=1S/C17H12N2O3S2/c18-10-11-3-5-12(6-4-11)19-16(21)14(13-2-1-8-23-13)15(17(19)22)24-9-7-20/h1-6,8,20H,7,9H2. The summed E-state index contributed by atoms with van der Waals surface area (Å²) >= 11 is 2.57. The monoisotopic (exact) mass is 356 g/mol. The zero-order valence-corrected chi connectivity index (χ0v) is 14.1. The fraction of sp³-hybridized carbons (Fsp3) is 0.118. The second kappa shape index (κ2) is 7.01. The molecule has 0 fully saturated rings. The maximum absolute atomic E-state index is 12.9. The summed E-state index contributed by atoms with van der Waals surface area (Å²) in [6.07, 6.45) is 0. The lowest BCUT2D eigenvalue weighted by molar-refractivity contribution is -0.119. The van der Waals surface area contributed by atoms with Crippen molar-refractivity contribution < 1.29 is 14.7 Å². The van der Waals surface area contributed by atoms with E-state index in [2.05, 4.69) is 0 Å². The molecule has 0 saturated carbocycles. The van der Waals surface area contributed by atoms with Gasteiger partial charge in [-0.3, -0.25) is 9.59 Å². The van der Waals surface area contributed by atoms with E-state index in [1.807, 2.05) is 17.5 Å². The summed E-state index contributed by atoms with van der Waals surface area (Å²) in [5, 5.41) is 19.8. The third-order valence-corrected chi connectivity index (χ3v) is 5.34. The summed E-state index contributed by atoms with van der Waals surface area (Å²) in [5.41, 5.74) is 1.26. The number of anilines is 1. The SMILES string of the molecule is N#Cc1ccc(N2C(=O)C(SCCO)=C(c3cccs3)C2=O)cc1. The number of nitrogens with zero attached hydrogens (tertiary/aromatic N) is 2. The van der Waals surface area contributed by atoms with E-state index in [0.717, 1.165) is 9.78 Å². The van der Waals surface area contributed by atoms with Crippen LogP contribution in [0.1, 0.15) is 10.4 Å². The maximum Gasteiger partial charge on any atom is 0.272 e. The first-order valence-electron chi connectivity index (χ1n) is 7.08. The van der Waals surface area contributed by atoms with Crippen molar-refractivity contribution >= 4 is 46.2 Å². The highest BCUT2D eigenvalue weighted by atomic mass is 32.2. The van der Waals surface area contributed by atoms with Crippen LogP contribution in [0.4, 0.5) is 5.69 Å². The molecule has 5 nitrogen and oxygen atoms in total. The highest BCUT2D eigenvalue weighted by molar-refractivity contribution is 8.04. The van der Waals surface area contributed by atoms with Crippen LogP contribution in [0.15, 0.2) is 46.7 Å². The first-order valence-corrected chi connectivity index (χ1v) is 8.94. The molecule has 1 aliphatic heterocycles. The number of imide groups is 1. The Morgan fingerprint density at radius 2 is 1.92 bits per heavy atom. The molecule has 1 aromatic heterocycles. The number of thioether (sulfide) groups is 1. The van der Waals surface area contributed by atoms with E-state index in [1.54, 1.807) is 30.3 Å². The van der Waals surface area contributed by atoms with E-state index < -0.39 is 5.91 Å². The van der Waals surface area contributed by atoms with Crippen molar-refractivity contribution in [3.8, 4) is 6.07 Å². The van der Waals surface area contributed by atoms with Crippen molar-refractivity contribution in [2.75, 3.05) is 17.3 Å². The molecule has 0 bridgehead atoms. The number of rotatable bonds is 5. The summed E-state index contributed by atoms with van der Waals surface area (Å²) in [6, 6.07) is 11.9. The van der Waals surface area contributed by atoms with Crippen LogP contribution in [0.5, 0.6) is 0 Å². The number of aliphatic hydroxyl groups is 1. The van der Waals surface area contributed by atoms with Gasteiger partial charge in [0.2, 0.25) is 0 Å². The van der Waals surface area contributed by atoms with Crippen LogP contribution in [0.25, 0.3) is 5.57 Å². The molecule has 3 rings (SSSR count). The number of hydrogen-bond acceptors (Lipinski definition) is 6. The summed E-state index contributed by atoms with van der Waals surface area (Å²) in [5.74, 6) is -0.441. The topological polar surface area (TPSA) is 81.4 Å². The Bertz CT molecular complexity index is 849. The maximum atomic E-state index is 12.9. The minimum Gasteiger partial charge on any atom is -0.396 e. The van der Waals surface area contributed by atoms with Crippen molar-refractivity contribution in [1.82, 2.24) is 0 Å². The minimum atomic E-state index is -0.397. The van der Waals surface area contributed by atoms with Gasteiger partial charge < -0.3 is 5.11 Å². The number of benzene rings is 1. The molecule has 1 aliphatic rings. The van der Waals surface area contributed by atoms with Gasteiger partial charge in [0.1, 0.15) is 0 Å². The van der Waals surface area contributed by atoms with Gasteiger partial charge in [0, 0.05) is 10.6 Å². The third-order valence-electron chi connectivity index (χ3n) is 3.40. The van der Waals surface area contributed by atoms with Crippen molar-refractivity contribution in [1.29, 1.82) is 5.26 Å². The molecule has 2 amide bonds. The van der Waals surface area contributed by atoms with Crippen LogP contribution in [-0.2, 0) is 9.59 Å². The Balaban J connectivity index is 2.02. The predicted molar refractivity (Wildman–Crippen MR) is 94.4 cm³/mol. The summed E-state index contributed by atoms with van der Waals surface area (Å²) in [4.78, 5) is 27.8. The van der Waals surface area contributed by atoms with Gasteiger partial charge in [-0.25, -0.2) is 4.90 Å². The van der Waals surface area contributed by atoms with Gasteiger partial charge in [0.15, 0.2) is 0 Å². The third kappa shape index (κ3) is 2.87. The van der Waals surface area contributed by atoms with Gasteiger partial charge in [-0.15, -0.1) is 23.1 Å². The molecular formula is C17H12N2O3S2. The Morgan fingerprint density at radius 3 is 2.50 bits per heavy atom. The second-order valence-electron chi connectivity index (χ2n) is 4.86. The summed E-state index contributed by atoms with van der Waals surface area (Å²) in [7, 11) is 0. The number of nitriles is 1. The number of amides is 2. The van der Waals surface area contributed by atoms with Crippen LogP contribution >= 0.6 is 23.1 Å². The molecule has 0 atom stereocenters. The molecule has 24 heavy (non-hydrogen) atoms. The van der Waals surface area contributed by atoms with Gasteiger partial charge in [-0.1, -0.05) is 6.07 Å². The lowest BCUT2D eigenvalue weighted by Crippen LogP contribution is -2.31. The van der Waals surface area contributed by atoms with Crippen LogP contribution in [0.3, 0.4) is 0 Å². The smallest absolute Gasteiger partial charge is 0.272 e. The van der Waals surface area contributed by atoms with E-state index >= 15 is 0 Å². The van der Waals surface area contributed by atoms with E-state index in [9.17, 15) is 9.59 Å². The summed E-state index contributed by atoms with van der Waals surface area (Å²) in [6.45, 7) is -0.0791. The fourth-order valence-electron chi connectivity index (χ4n) is 2.35. The number of hydrogen-bond donors (Lipinski definition) is 1. The molecule has 0 aliphatic carbocycles. The number of thiophene rings is 1. The van der Waals surface area contributed by atoms with E-state index in [1.165, 1.54) is 23.1 Å². The van der Waals surface area contributed by atoms with E-state index in [4.69, 9.17) is 10.4 Å². The van der Waals surface area contributed by atoms with Crippen molar-refractivity contribution in [2.45, 2.75) is 0 Å². The van der Waals surface area contributed by atoms with Gasteiger partial charge in [0.25, 0.3) is 11.8 Å². The molecule has 2 heterocycles. The molecule has 0 unspecified atom stereocenters. The van der Waals surface area contributed by atoms with Gasteiger partial charge in [-0.2, -0.15) is 5.26 Å². The lowest BCUT2D eigenvalue weighted by atomic mass is 10.2. The van der Waals surface area contributed by atoms with Gasteiger partial charge >= 0.3 is 0 Å². The molecule has 120 valence electrons. The normalized spacial score (nSPS) is 14.4. The first-order chi connectivity index (χ1) is 11.7. The average molecular weight is 356 g/mol. The zero-order valence-electron chi connectivity index (χ0n) is 12.4. The molecule has 2 aromatic rings. The molecule has 0 saturated heterocycles. The zero-order chi connectivity index (χ0) is 17.1. The Labute approximate surface area is 146 Å². The van der Waals surface area contributed by atoms with E-state index in [-0.39, 0.29) is 12.5 Å². The Hall–Kier alpha value is -2.40. The molecular weight excluding hydrogens is 344 g/mol. The van der Waals surface area contributed by atoms with Gasteiger partial charge in [-0.05, 0) is 35.7 Å². The van der Waals surface area contributed by atoms with Crippen LogP contribution in [0, 0.1) is 11.3 Å². The quantitative estimate of drug-likeness (QED) is 0.833. The molecule has 7 heteroatoms. The van der Waals surface area contributed by atoms with E-state index in [0.29, 0.717) is 27.5 Å². The number of aliphatic hydroxyl groups excluding tert-OH is 1. The highest BCUT2D eigenvalue weighted by Crippen LogP contribution is 2.39. The van der Waals surface area contributed by atoms with Crippen LogP contribution < -0.4 is 4.90 Å². The van der Waals surface area contributed by atoms with Crippen molar-refractivity contribution in [3.63, 3.8) is 0 Å². The molecule has 1 aromatic carbocycles. The van der Waals surface area contributed by atoms with Crippen LogP contribution in [0.2, 0.25) is 0 Å².